The van der Waals surface area contributed by atoms with Crippen LogP contribution in [-0.4, -0.2) is 45.6 Å². The Morgan fingerprint density at radius 1 is 0.846 bits per heavy atom. The van der Waals surface area contributed by atoms with Gasteiger partial charge in [0.15, 0.2) is 0 Å². The molecule has 2 N–H and O–H groups in total. The number of benzene rings is 3. The number of alkyl halides is 3. The van der Waals surface area contributed by atoms with E-state index < -0.39 is 17.4 Å². The maximum Gasteiger partial charge on any atom is 0.446 e. The summed E-state index contributed by atoms with van der Waals surface area (Å²) in [5.74, 6) is -1.13. The van der Waals surface area contributed by atoms with Crippen LogP contribution in [0.3, 0.4) is 0 Å². The van der Waals surface area contributed by atoms with Crippen LogP contribution >= 0.6 is 11.8 Å². The molecule has 0 fully saturated rings. The maximum absolute atomic E-state index is 12.6. The van der Waals surface area contributed by atoms with Gasteiger partial charge in [0.1, 0.15) is 12.4 Å². The second kappa shape index (κ2) is 14.6. The molecule has 3 aromatic carbocycles. The Hall–Kier alpha value is -3.50. The predicted octanol–water partition coefficient (Wildman–Crippen LogP) is 6.88. The van der Waals surface area contributed by atoms with E-state index in [9.17, 15) is 22.8 Å². The van der Waals surface area contributed by atoms with Gasteiger partial charge in [-0.05, 0) is 84.6 Å². The van der Waals surface area contributed by atoms with Crippen LogP contribution in [0.2, 0.25) is 0 Å². The van der Waals surface area contributed by atoms with Crippen LogP contribution in [0.5, 0.6) is 5.75 Å². The lowest BCUT2D eigenvalue weighted by Gasteiger charge is -2.23. The van der Waals surface area contributed by atoms with Crippen LogP contribution in [0.15, 0.2) is 77.7 Å². The molecule has 0 spiro atoms. The van der Waals surface area contributed by atoms with Crippen LogP contribution in [0.4, 0.5) is 13.2 Å². The first-order chi connectivity index (χ1) is 18.6. The smallest absolute Gasteiger partial charge is 0.446 e. The number of aromatic carboxylic acids is 1. The van der Waals surface area contributed by atoms with E-state index in [2.05, 4.69) is 4.90 Å². The fraction of sp³-hybridized carbons (Fsp3) is 0.310. The molecular weight excluding hydrogens is 531 g/mol. The SMILES string of the molecule is O=C(O)CCCCN(CCc1ccccc1OCc1ccc(SC(F)(F)F)cc1)Cc1ccc(C(=O)O)cc1. The van der Waals surface area contributed by atoms with Crippen molar-refractivity contribution in [3.05, 3.63) is 95.1 Å². The molecule has 0 aromatic heterocycles. The third kappa shape index (κ3) is 11.0. The van der Waals surface area contributed by atoms with Crippen molar-refractivity contribution in [3.63, 3.8) is 0 Å². The summed E-state index contributed by atoms with van der Waals surface area (Å²) >= 11 is -0.154. The number of halogens is 3. The Morgan fingerprint density at radius 2 is 1.51 bits per heavy atom. The molecule has 0 saturated carbocycles. The highest BCUT2D eigenvalue weighted by Crippen LogP contribution is 2.36. The molecular formula is C29H30F3NO5S. The summed E-state index contributed by atoms with van der Waals surface area (Å²) in [6.07, 6.45) is 2.03. The summed E-state index contributed by atoms with van der Waals surface area (Å²) in [6, 6.07) is 20.4. The summed E-state index contributed by atoms with van der Waals surface area (Å²) < 4.78 is 43.7. The summed E-state index contributed by atoms with van der Waals surface area (Å²) in [4.78, 5) is 24.4. The van der Waals surface area contributed by atoms with Crippen LogP contribution in [-0.2, 0) is 24.4 Å². The number of hydrogen-bond acceptors (Lipinski definition) is 5. The molecule has 10 heteroatoms. The minimum absolute atomic E-state index is 0.105. The highest BCUT2D eigenvalue weighted by Gasteiger charge is 2.29. The molecule has 0 aliphatic rings. The van der Waals surface area contributed by atoms with Gasteiger partial charge in [-0.2, -0.15) is 13.2 Å². The van der Waals surface area contributed by atoms with Crippen molar-refractivity contribution in [1.29, 1.82) is 0 Å². The van der Waals surface area contributed by atoms with Crippen molar-refractivity contribution in [2.75, 3.05) is 13.1 Å². The van der Waals surface area contributed by atoms with Crippen LogP contribution in [0, 0.1) is 0 Å². The lowest BCUT2D eigenvalue weighted by Crippen LogP contribution is -2.27. The number of carbonyl (C=O) groups is 2. The second-order valence-corrected chi connectivity index (χ2v) is 10.1. The van der Waals surface area contributed by atoms with Crippen molar-refractivity contribution in [3.8, 4) is 5.75 Å². The highest BCUT2D eigenvalue weighted by atomic mass is 32.2. The lowest BCUT2D eigenvalue weighted by atomic mass is 10.1. The van der Waals surface area contributed by atoms with Gasteiger partial charge in [0, 0.05) is 24.4 Å². The zero-order valence-electron chi connectivity index (χ0n) is 21.2. The van der Waals surface area contributed by atoms with Gasteiger partial charge in [0.25, 0.3) is 0 Å². The molecule has 208 valence electrons. The molecule has 0 saturated heterocycles. The van der Waals surface area contributed by atoms with Crippen molar-refractivity contribution in [2.45, 2.75) is 49.2 Å². The first-order valence-corrected chi connectivity index (χ1v) is 13.2. The van der Waals surface area contributed by atoms with Gasteiger partial charge in [-0.15, -0.1) is 0 Å². The molecule has 0 radical (unpaired) electrons. The van der Waals surface area contributed by atoms with Gasteiger partial charge >= 0.3 is 17.4 Å². The second-order valence-electron chi connectivity index (χ2n) is 8.97. The standard InChI is InChI=1S/C29H30F3NO5S/c30-29(31,32)39-25-14-10-22(11-15-25)20-38-26-6-2-1-5-23(26)16-18-33(17-4-3-7-27(34)35)19-21-8-12-24(13-9-21)28(36)37/h1-2,5-6,8-15H,3-4,7,16-20H2,(H,34,35)(H,36,37). The molecule has 0 aliphatic heterocycles. The minimum Gasteiger partial charge on any atom is -0.489 e. The number of rotatable bonds is 15. The summed E-state index contributed by atoms with van der Waals surface area (Å²) in [6.45, 7) is 2.14. The quantitative estimate of drug-likeness (QED) is 0.155. The number of ether oxygens (including phenoxy) is 1. The molecule has 0 heterocycles. The van der Waals surface area contributed by atoms with Crippen molar-refractivity contribution >= 4 is 23.7 Å². The van der Waals surface area contributed by atoms with E-state index in [0.29, 0.717) is 44.6 Å². The van der Waals surface area contributed by atoms with Crippen molar-refractivity contribution < 1.29 is 37.7 Å². The van der Waals surface area contributed by atoms with E-state index in [1.165, 1.54) is 12.1 Å². The Labute approximate surface area is 229 Å². The molecule has 0 atom stereocenters. The van der Waals surface area contributed by atoms with Gasteiger partial charge in [0.2, 0.25) is 0 Å². The van der Waals surface area contributed by atoms with E-state index in [1.54, 1.807) is 36.4 Å². The van der Waals surface area contributed by atoms with Gasteiger partial charge < -0.3 is 14.9 Å². The van der Waals surface area contributed by atoms with E-state index in [0.717, 1.165) is 16.7 Å². The maximum atomic E-state index is 12.6. The Kier molecular flexibility index (Phi) is 11.2. The van der Waals surface area contributed by atoms with Gasteiger partial charge in [0.05, 0.1) is 5.56 Å². The summed E-state index contributed by atoms with van der Waals surface area (Å²) in [7, 11) is 0. The number of unbranched alkanes of at least 4 members (excludes halogenated alkanes) is 1. The average Bonchev–Trinajstić information content (AvgIpc) is 2.89. The molecule has 3 aromatic rings. The summed E-state index contributed by atoms with van der Waals surface area (Å²) in [5, 5.41) is 18.1. The topological polar surface area (TPSA) is 87.1 Å². The molecule has 39 heavy (non-hydrogen) atoms. The summed E-state index contributed by atoms with van der Waals surface area (Å²) in [5.41, 5.74) is -1.44. The van der Waals surface area contributed by atoms with Crippen LogP contribution < -0.4 is 4.74 Å². The fourth-order valence-electron chi connectivity index (χ4n) is 3.97. The van der Waals surface area contributed by atoms with Crippen molar-refractivity contribution in [1.82, 2.24) is 4.90 Å². The zero-order valence-corrected chi connectivity index (χ0v) is 22.0. The van der Waals surface area contributed by atoms with Crippen LogP contribution in [0.1, 0.15) is 46.3 Å². The number of thioether (sulfide) groups is 1. The molecule has 0 unspecified atom stereocenters. The largest absolute Gasteiger partial charge is 0.489 e. The number of carboxylic acids is 2. The number of nitrogens with zero attached hydrogens (tertiary/aromatic N) is 1. The molecule has 0 aliphatic carbocycles. The van der Waals surface area contributed by atoms with Gasteiger partial charge in [-0.3, -0.25) is 9.69 Å². The molecule has 3 rings (SSSR count). The minimum atomic E-state index is -4.33. The number of aliphatic carboxylic acids is 1. The number of hydrogen-bond donors (Lipinski definition) is 2. The fourth-order valence-corrected chi connectivity index (χ4v) is 4.51. The number of carboxylic acid groups (broad SMARTS) is 2. The third-order valence-corrected chi connectivity index (χ3v) is 6.68. The molecule has 6 nitrogen and oxygen atoms in total. The average molecular weight is 562 g/mol. The predicted molar refractivity (Wildman–Crippen MR) is 143 cm³/mol. The van der Waals surface area contributed by atoms with E-state index in [4.69, 9.17) is 14.9 Å². The Morgan fingerprint density at radius 3 is 2.15 bits per heavy atom. The Bertz CT molecular complexity index is 1220. The molecule has 0 amide bonds. The van der Waals surface area contributed by atoms with Crippen LogP contribution in [0.25, 0.3) is 0 Å². The first kappa shape index (κ1) is 30.0. The van der Waals surface area contributed by atoms with Gasteiger partial charge in [-0.1, -0.05) is 42.5 Å². The highest BCUT2D eigenvalue weighted by molar-refractivity contribution is 8.00. The van der Waals surface area contributed by atoms with Gasteiger partial charge in [-0.25, -0.2) is 4.79 Å². The van der Waals surface area contributed by atoms with E-state index >= 15 is 0 Å². The lowest BCUT2D eigenvalue weighted by molar-refractivity contribution is -0.137. The monoisotopic (exact) mass is 561 g/mol. The number of para-hydroxylation sites is 1. The third-order valence-electron chi connectivity index (χ3n) is 5.94. The van der Waals surface area contributed by atoms with E-state index in [-0.39, 0.29) is 35.2 Å². The zero-order chi connectivity index (χ0) is 28.3. The first-order valence-electron chi connectivity index (χ1n) is 12.4. The van der Waals surface area contributed by atoms with Crippen molar-refractivity contribution in [2.24, 2.45) is 0 Å². The molecule has 0 bridgehead atoms. The van der Waals surface area contributed by atoms with E-state index in [1.807, 2.05) is 24.3 Å². The normalized spacial score (nSPS) is 11.5. The Balaban J connectivity index is 1.62.